The van der Waals surface area contributed by atoms with Gasteiger partial charge < -0.3 is 15.8 Å². The van der Waals surface area contributed by atoms with Gasteiger partial charge in [-0.15, -0.1) is 0 Å². The van der Waals surface area contributed by atoms with Gasteiger partial charge in [0.05, 0.1) is 0 Å². The highest BCUT2D eigenvalue weighted by molar-refractivity contribution is 5.77. The van der Waals surface area contributed by atoms with Gasteiger partial charge in [0.15, 0.2) is 6.61 Å². The topological polar surface area (TPSA) is 64.3 Å². The number of hydrogen-bond donors (Lipinski definition) is 2. The molecule has 0 saturated heterocycles. The maximum atomic E-state index is 11.2. The number of aryl methyl sites for hydroxylation is 1. The average Bonchev–Trinajstić information content (AvgIpc) is 2.69. The van der Waals surface area contributed by atoms with Crippen molar-refractivity contribution >= 4 is 5.91 Å². The first kappa shape index (κ1) is 11.9. The molecular weight excluding hydrogens is 216 g/mol. The van der Waals surface area contributed by atoms with Crippen LogP contribution in [-0.2, 0) is 11.2 Å². The summed E-state index contributed by atoms with van der Waals surface area (Å²) in [5, 5.41) is 2.69. The van der Waals surface area contributed by atoms with Crippen molar-refractivity contribution in [2.24, 2.45) is 5.73 Å². The van der Waals surface area contributed by atoms with Crippen molar-refractivity contribution in [3.05, 3.63) is 29.3 Å². The highest BCUT2D eigenvalue weighted by atomic mass is 16.5. The summed E-state index contributed by atoms with van der Waals surface area (Å²) in [5.74, 6) is 0.647. The van der Waals surface area contributed by atoms with Crippen molar-refractivity contribution in [2.75, 3.05) is 13.2 Å². The Bertz CT molecular complexity index is 418. The van der Waals surface area contributed by atoms with Gasteiger partial charge in [0.1, 0.15) is 5.75 Å². The quantitative estimate of drug-likeness (QED) is 0.821. The maximum Gasteiger partial charge on any atom is 0.257 e. The fraction of sp³-hybridized carbons (Fsp3) is 0.462. The average molecular weight is 234 g/mol. The summed E-state index contributed by atoms with van der Waals surface area (Å²) in [7, 11) is 0. The van der Waals surface area contributed by atoms with Crippen molar-refractivity contribution in [3.63, 3.8) is 0 Å². The van der Waals surface area contributed by atoms with Gasteiger partial charge in [0.2, 0.25) is 0 Å². The van der Waals surface area contributed by atoms with Crippen LogP contribution in [0.2, 0.25) is 0 Å². The van der Waals surface area contributed by atoms with Gasteiger partial charge in [0, 0.05) is 12.6 Å². The smallest absolute Gasteiger partial charge is 0.257 e. The Morgan fingerprint density at radius 2 is 2.41 bits per heavy atom. The van der Waals surface area contributed by atoms with Gasteiger partial charge in [-0.25, -0.2) is 0 Å². The van der Waals surface area contributed by atoms with Crippen LogP contribution in [0.25, 0.3) is 0 Å². The zero-order valence-electron chi connectivity index (χ0n) is 10.0. The Morgan fingerprint density at radius 1 is 1.59 bits per heavy atom. The Balaban J connectivity index is 1.97. The number of amides is 1. The molecule has 1 aliphatic carbocycles. The molecule has 0 saturated carbocycles. The molecule has 4 nitrogen and oxygen atoms in total. The minimum atomic E-state index is -0.0929. The third-order valence-corrected chi connectivity index (χ3v) is 2.98. The van der Waals surface area contributed by atoms with Crippen LogP contribution >= 0.6 is 0 Å². The molecule has 0 radical (unpaired) electrons. The molecule has 0 spiro atoms. The molecule has 1 unspecified atom stereocenters. The van der Waals surface area contributed by atoms with Crippen LogP contribution in [0.5, 0.6) is 5.75 Å². The zero-order chi connectivity index (χ0) is 12.3. The van der Waals surface area contributed by atoms with Gasteiger partial charge in [-0.3, -0.25) is 4.79 Å². The Morgan fingerprint density at radius 3 is 3.18 bits per heavy atom. The van der Waals surface area contributed by atoms with Gasteiger partial charge in [-0.05, 0) is 43.0 Å². The van der Waals surface area contributed by atoms with Crippen molar-refractivity contribution in [1.29, 1.82) is 0 Å². The molecular formula is C13H18N2O2. The van der Waals surface area contributed by atoms with E-state index in [0.717, 1.165) is 18.6 Å². The Hall–Kier alpha value is -1.55. The summed E-state index contributed by atoms with van der Waals surface area (Å²) in [5.41, 5.74) is 8.40. The first-order valence-electron chi connectivity index (χ1n) is 5.98. The van der Waals surface area contributed by atoms with Crippen molar-refractivity contribution in [3.8, 4) is 5.75 Å². The van der Waals surface area contributed by atoms with E-state index in [9.17, 15) is 4.79 Å². The van der Waals surface area contributed by atoms with Gasteiger partial charge >= 0.3 is 0 Å². The van der Waals surface area contributed by atoms with E-state index in [4.69, 9.17) is 10.5 Å². The number of nitrogens with one attached hydrogen (secondary N) is 1. The van der Waals surface area contributed by atoms with Gasteiger partial charge in [0.25, 0.3) is 5.91 Å². The fourth-order valence-electron chi connectivity index (χ4n) is 2.11. The van der Waals surface area contributed by atoms with Gasteiger partial charge in [-0.1, -0.05) is 6.07 Å². The molecule has 0 aromatic heterocycles. The SMILES string of the molecule is CCNC(=O)COc1ccc2c(c1)CCC2N. The van der Waals surface area contributed by atoms with E-state index in [0.29, 0.717) is 6.54 Å². The second-order valence-corrected chi connectivity index (χ2v) is 4.25. The number of carbonyl (C=O) groups excluding carboxylic acids is 1. The highest BCUT2D eigenvalue weighted by Crippen LogP contribution is 2.31. The summed E-state index contributed by atoms with van der Waals surface area (Å²) in [6.45, 7) is 2.58. The summed E-state index contributed by atoms with van der Waals surface area (Å²) in [6, 6.07) is 6.02. The standard InChI is InChI=1S/C13H18N2O2/c1-2-15-13(16)8-17-10-4-5-11-9(7-10)3-6-12(11)14/h4-5,7,12H,2-3,6,8,14H2,1H3,(H,15,16). The molecule has 1 amide bonds. The molecule has 1 aromatic carbocycles. The minimum Gasteiger partial charge on any atom is -0.484 e. The largest absolute Gasteiger partial charge is 0.484 e. The third-order valence-electron chi connectivity index (χ3n) is 2.98. The van der Waals surface area contributed by atoms with E-state index in [2.05, 4.69) is 5.32 Å². The van der Waals surface area contributed by atoms with Crippen LogP contribution in [-0.4, -0.2) is 19.1 Å². The molecule has 4 heteroatoms. The molecule has 0 fully saturated rings. The number of likely N-dealkylation sites (N-methyl/N-ethyl adjacent to an activating group) is 1. The first-order chi connectivity index (χ1) is 8.20. The zero-order valence-corrected chi connectivity index (χ0v) is 10.0. The normalized spacial score (nSPS) is 17.6. The molecule has 0 heterocycles. The number of carbonyl (C=O) groups is 1. The minimum absolute atomic E-state index is 0.0681. The highest BCUT2D eigenvalue weighted by Gasteiger charge is 2.19. The second-order valence-electron chi connectivity index (χ2n) is 4.25. The van der Waals surface area contributed by atoms with E-state index in [1.165, 1.54) is 11.1 Å². The first-order valence-corrected chi connectivity index (χ1v) is 5.98. The molecule has 0 bridgehead atoms. The van der Waals surface area contributed by atoms with Crippen molar-refractivity contribution in [2.45, 2.75) is 25.8 Å². The van der Waals surface area contributed by atoms with Crippen LogP contribution in [0.4, 0.5) is 0 Å². The van der Waals surface area contributed by atoms with Crippen molar-refractivity contribution < 1.29 is 9.53 Å². The number of nitrogens with two attached hydrogens (primary N) is 1. The van der Waals surface area contributed by atoms with Gasteiger partial charge in [-0.2, -0.15) is 0 Å². The molecule has 3 N–H and O–H groups in total. The van der Waals surface area contributed by atoms with E-state index in [-0.39, 0.29) is 18.6 Å². The summed E-state index contributed by atoms with van der Waals surface area (Å²) in [4.78, 5) is 11.2. The lowest BCUT2D eigenvalue weighted by Crippen LogP contribution is -2.28. The monoisotopic (exact) mass is 234 g/mol. The number of fused-ring (bicyclic) bond motifs is 1. The van der Waals surface area contributed by atoms with Crippen LogP contribution in [0.3, 0.4) is 0 Å². The van der Waals surface area contributed by atoms with Crippen molar-refractivity contribution in [1.82, 2.24) is 5.32 Å². The molecule has 2 rings (SSSR count). The fourth-order valence-corrected chi connectivity index (χ4v) is 2.11. The van der Waals surface area contributed by atoms with Crippen LogP contribution in [0, 0.1) is 0 Å². The molecule has 1 aliphatic rings. The molecule has 0 aliphatic heterocycles. The van der Waals surface area contributed by atoms with E-state index in [1.807, 2.05) is 25.1 Å². The van der Waals surface area contributed by atoms with E-state index in [1.54, 1.807) is 0 Å². The summed E-state index contributed by atoms with van der Waals surface area (Å²) < 4.78 is 5.43. The maximum absolute atomic E-state index is 11.2. The molecule has 92 valence electrons. The molecule has 1 atom stereocenters. The number of rotatable bonds is 4. The lowest BCUT2D eigenvalue weighted by atomic mass is 10.1. The van der Waals surface area contributed by atoms with E-state index >= 15 is 0 Å². The number of benzene rings is 1. The summed E-state index contributed by atoms with van der Waals surface area (Å²) >= 11 is 0. The second kappa shape index (κ2) is 5.19. The third kappa shape index (κ3) is 2.77. The van der Waals surface area contributed by atoms with Crippen LogP contribution < -0.4 is 15.8 Å². The number of hydrogen-bond acceptors (Lipinski definition) is 3. The Labute approximate surface area is 101 Å². The Kier molecular flexibility index (Phi) is 3.64. The summed E-state index contributed by atoms with van der Waals surface area (Å²) in [6.07, 6.45) is 1.99. The predicted molar refractivity (Wildman–Crippen MR) is 65.9 cm³/mol. The lowest BCUT2D eigenvalue weighted by Gasteiger charge is -2.09. The predicted octanol–water partition coefficient (Wildman–Crippen LogP) is 1.15. The molecule has 1 aromatic rings. The molecule has 17 heavy (non-hydrogen) atoms. The number of ether oxygens (including phenoxy) is 1. The van der Waals surface area contributed by atoms with Crippen LogP contribution in [0.15, 0.2) is 18.2 Å². The van der Waals surface area contributed by atoms with Crippen LogP contribution in [0.1, 0.15) is 30.5 Å². The lowest BCUT2D eigenvalue weighted by molar-refractivity contribution is -0.122. The van der Waals surface area contributed by atoms with E-state index < -0.39 is 0 Å².